The minimum Gasteiger partial charge on any atom is -0.336 e. The summed E-state index contributed by atoms with van der Waals surface area (Å²) < 4.78 is 41.6. The van der Waals surface area contributed by atoms with Gasteiger partial charge in [-0.3, -0.25) is 4.79 Å². The molecule has 128 valence electrons. The summed E-state index contributed by atoms with van der Waals surface area (Å²) in [5.41, 5.74) is -0.247. The third kappa shape index (κ3) is 3.14. The maximum absolute atomic E-state index is 13.6. The molecule has 5 nitrogen and oxygen atoms in total. The first-order valence-electron chi connectivity index (χ1n) is 7.60. The molecule has 0 atom stereocenters. The molecule has 0 saturated carbocycles. The number of rotatable bonds is 2. The van der Waals surface area contributed by atoms with Gasteiger partial charge in [-0.15, -0.1) is 0 Å². The van der Waals surface area contributed by atoms with Gasteiger partial charge in [0.1, 0.15) is 0 Å². The normalized spacial score (nSPS) is 15.6. The standard InChI is InChI=1S/C16H17F3N4O/c1-11-2-4-12(5-3-11)23-14(16(17,18)19)13(10-21-23)15(24)22-8-6-20-7-9-22/h2-5,10,20H,6-9H2,1H3. The highest BCUT2D eigenvalue weighted by Crippen LogP contribution is 2.34. The number of aromatic nitrogens is 2. The third-order valence-corrected chi connectivity index (χ3v) is 3.95. The Morgan fingerprint density at radius 1 is 1.17 bits per heavy atom. The monoisotopic (exact) mass is 338 g/mol. The Labute approximate surface area is 137 Å². The van der Waals surface area contributed by atoms with Crippen LogP contribution in [0.2, 0.25) is 0 Å². The van der Waals surface area contributed by atoms with Crippen molar-refractivity contribution in [3.05, 3.63) is 47.3 Å². The van der Waals surface area contributed by atoms with E-state index in [1.54, 1.807) is 24.3 Å². The van der Waals surface area contributed by atoms with E-state index in [1.807, 2.05) is 6.92 Å². The number of aryl methyl sites for hydroxylation is 1. The minimum atomic E-state index is -4.68. The van der Waals surface area contributed by atoms with Crippen molar-refractivity contribution in [2.75, 3.05) is 26.2 Å². The molecular weight excluding hydrogens is 321 g/mol. The van der Waals surface area contributed by atoms with Crippen LogP contribution in [0, 0.1) is 6.92 Å². The predicted molar refractivity (Wildman–Crippen MR) is 82.1 cm³/mol. The number of carbonyl (C=O) groups is 1. The molecule has 1 aliphatic heterocycles. The van der Waals surface area contributed by atoms with Gasteiger partial charge in [0.05, 0.1) is 17.4 Å². The Hall–Kier alpha value is -2.35. The summed E-state index contributed by atoms with van der Waals surface area (Å²) in [6.07, 6.45) is -3.67. The molecule has 1 aromatic carbocycles. The fraction of sp³-hybridized carbons (Fsp3) is 0.375. The van der Waals surface area contributed by atoms with E-state index in [0.29, 0.717) is 26.2 Å². The van der Waals surface area contributed by atoms with Gasteiger partial charge in [0.2, 0.25) is 0 Å². The van der Waals surface area contributed by atoms with Crippen LogP contribution in [0.4, 0.5) is 13.2 Å². The smallest absolute Gasteiger partial charge is 0.336 e. The topological polar surface area (TPSA) is 50.2 Å². The predicted octanol–water partition coefficient (Wildman–Crippen LogP) is 2.24. The van der Waals surface area contributed by atoms with E-state index in [-0.39, 0.29) is 5.69 Å². The van der Waals surface area contributed by atoms with E-state index in [9.17, 15) is 18.0 Å². The van der Waals surface area contributed by atoms with Gasteiger partial charge in [-0.25, -0.2) is 4.68 Å². The van der Waals surface area contributed by atoms with E-state index in [0.717, 1.165) is 16.4 Å². The average Bonchev–Trinajstić information content (AvgIpc) is 3.01. The first-order chi connectivity index (χ1) is 11.4. The van der Waals surface area contributed by atoms with Crippen LogP contribution in [0.5, 0.6) is 0 Å². The minimum absolute atomic E-state index is 0.271. The summed E-state index contributed by atoms with van der Waals surface area (Å²) in [4.78, 5) is 13.9. The molecule has 0 unspecified atom stereocenters. The van der Waals surface area contributed by atoms with Crippen molar-refractivity contribution in [2.24, 2.45) is 0 Å². The maximum Gasteiger partial charge on any atom is 0.434 e. The average molecular weight is 338 g/mol. The zero-order chi connectivity index (χ0) is 17.3. The zero-order valence-electron chi connectivity index (χ0n) is 13.1. The molecule has 24 heavy (non-hydrogen) atoms. The summed E-state index contributed by atoms with van der Waals surface area (Å²) >= 11 is 0. The van der Waals surface area contributed by atoms with Gasteiger partial charge in [0, 0.05) is 26.2 Å². The second kappa shape index (κ2) is 6.27. The van der Waals surface area contributed by atoms with Crippen molar-refractivity contribution in [1.29, 1.82) is 0 Å². The number of alkyl halides is 3. The molecule has 1 aliphatic rings. The SMILES string of the molecule is Cc1ccc(-n2ncc(C(=O)N3CCNCC3)c2C(F)(F)F)cc1. The lowest BCUT2D eigenvalue weighted by Crippen LogP contribution is -2.46. The van der Waals surface area contributed by atoms with Gasteiger partial charge in [0.15, 0.2) is 5.69 Å². The fourth-order valence-corrected chi connectivity index (χ4v) is 2.70. The quantitative estimate of drug-likeness (QED) is 0.914. The largest absolute Gasteiger partial charge is 0.434 e. The van der Waals surface area contributed by atoms with Crippen LogP contribution in [-0.4, -0.2) is 46.8 Å². The van der Waals surface area contributed by atoms with Gasteiger partial charge < -0.3 is 10.2 Å². The summed E-state index contributed by atoms with van der Waals surface area (Å²) in [7, 11) is 0. The molecule has 0 aliphatic carbocycles. The summed E-state index contributed by atoms with van der Waals surface area (Å²) in [6, 6.07) is 6.51. The van der Waals surface area contributed by atoms with Crippen LogP contribution in [0.15, 0.2) is 30.5 Å². The number of hydrogen-bond acceptors (Lipinski definition) is 3. The summed E-state index contributed by atoms with van der Waals surface area (Å²) in [5.74, 6) is -0.637. The number of carbonyl (C=O) groups excluding carboxylic acids is 1. The lowest BCUT2D eigenvalue weighted by Gasteiger charge is -2.27. The first-order valence-corrected chi connectivity index (χ1v) is 7.60. The Morgan fingerprint density at radius 2 is 1.79 bits per heavy atom. The van der Waals surface area contributed by atoms with Crippen LogP contribution < -0.4 is 5.32 Å². The van der Waals surface area contributed by atoms with Gasteiger partial charge >= 0.3 is 6.18 Å². The lowest BCUT2D eigenvalue weighted by molar-refractivity contribution is -0.143. The van der Waals surface area contributed by atoms with Crippen molar-refractivity contribution in [1.82, 2.24) is 20.0 Å². The van der Waals surface area contributed by atoms with E-state index in [2.05, 4.69) is 10.4 Å². The molecule has 1 aromatic heterocycles. The highest BCUT2D eigenvalue weighted by Gasteiger charge is 2.41. The fourth-order valence-electron chi connectivity index (χ4n) is 2.70. The van der Waals surface area contributed by atoms with Crippen molar-refractivity contribution in [2.45, 2.75) is 13.1 Å². The van der Waals surface area contributed by atoms with Crippen molar-refractivity contribution >= 4 is 5.91 Å². The highest BCUT2D eigenvalue weighted by atomic mass is 19.4. The molecule has 0 radical (unpaired) electrons. The first kappa shape index (κ1) is 16.5. The van der Waals surface area contributed by atoms with E-state index >= 15 is 0 Å². The van der Waals surface area contributed by atoms with Crippen molar-refractivity contribution in [3.8, 4) is 5.69 Å². The molecule has 2 heterocycles. The number of halogens is 3. The summed E-state index contributed by atoms with van der Waals surface area (Å²) in [6.45, 7) is 3.74. The molecule has 3 rings (SSSR count). The molecule has 8 heteroatoms. The molecule has 0 spiro atoms. The van der Waals surface area contributed by atoms with Crippen LogP contribution in [0.1, 0.15) is 21.6 Å². The van der Waals surface area contributed by atoms with E-state index < -0.39 is 23.3 Å². The van der Waals surface area contributed by atoms with Gasteiger partial charge in [-0.2, -0.15) is 18.3 Å². The Balaban J connectivity index is 2.04. The van der Waals surface area contributed by atoms with Crippen molar-refractivity contribution < 1.29 is 18.0 Å². The molecule has 1 saturated heterocycles. The highest BCUT2D eigenvalue weighted by molar-refractivity contribution is 5.95. The van der Waals surface area contributed by atoms with Crippen LogP contribution in [-0.2, 0) is 6.18 Å². The Morgan fingerprint density at radius 3 is 2.38 bits per heavy atom. The Kier molecular flexibility index (Phi) is 4.31. The van der Waals surface area contributed by atoms with Crippen molar-refractivity contribution in [3.63, 3.8) is 0 Å². The van der Waals surface area contributed by atoms with Gasteiger partial charge in [0.25, 0.3) is 5.91 Å². The maximum atomic E-state index is 13.6. The Bertz CT molecular complexity index is 731. The molecule has 1 N–H and O–H groups in total. The van der Waals surface area contributed by atoms with E-state index in [1.165, 1.54) is 4.90 Å². The molecule has 1 amide bonds. The molecular formula is C16H17F3N4O. The van der Waals surface area contributed by atoms with Crippen LogP contribution >= 0.6 is 0 Å². The molecule has 2 aromatic rings. The van der Waals surface area contributed by atoms with Gasteiger partial charge in [-0.05, 0) is 19.1 Å². The second-order valence-electron chi connectivity index (χ2n) is 5.69. The zero-order valence-corrected chi connectivity index (χ0v) is 13.1. The number of nitrogens with one attached hydrogen (secondary N) is 1. The van der Waals surface area contributed by atoms with E-state index in [4.69, 9.17) is 0 Å². The van der Waals surface area contributed by atoms with Crippen LogP contribution in [0.3, 0.4) is 0 Å². The number of nitrogens with zero attached hydrogens (tertiary/aromatic N) is 3. The lowest BCUT2D eigenvalue weighted by atomic mass is 10.1. The third-order valence-electron chi connectivity index (χ3n) is 3.95. The van der Waals surface area contributed by atoms with Crippen LogP contribution in [0.25, 0.3) is 5.69 Å². The van der Waals surface area contributed by atoms with Gasteiger partial charge in [-0.1, -0.05) is 17.7 Å². The number of hydrogen-bond donors (Lipinski definition) is 1. The molecule has 0 bridgehead atoms. The molecule has 1 fully saturated rings. The number of piperazine rings is 1. The number of amides is 1. The summed E-state index contributed by atoms with van der Waals surface area (Å²) in [5, 5.41) is 6.90. The second-order valence-corrected chi connectivity index (χ2v) is 5.69. The number of benzene rings is 1.